The summed E-state index contributed by atoms with van der Waals surface area (Å²) in [6, 6.07) is 30.0. The number of amides is 1. The average Bonchev–Trinajstić information content (AvgIpc) is 3.38. The lowest BCUT2D eigenvalue weighted by atomic mass is 10.1. The van der Waals surface area contributed by atoms with Crippen LogP contribution in [-0.4, -0.2) is 19.3 Å². The van der Waals surface area contributed by atoms with E-state index in [1.54, 1.807) is 36.4 Å². The van der Waals surface area contributed by atoms with Gasteiger partial charge in [-0.05, 0) is 67.6 Å². The SMILES string of the molecule is Cc1ccc(S(=O)(=O)Nc2ccccc2C(=O)Nc2nc(-c3ccc(Oc4ccccc4)cc3)cs2)cc1. The van der Waals surface area contributed by atoms with E-state index in [1.807, 2.05) is 66.9 Å². The number of hydrogen-bond acceptors (Lipinski definition) is 6. The van der Waals surface area contributed by atoms with Gasteiger partial charge in [0.2, 0.25) is 0 Å². The Kier molecular flexibility index (Phi) is 7.21. The van der Waals surface area contributed by atoms with Crippen molar-refractivity contribution in [3.05, 3.63) is 120 Å². The predicted molar refractivity (Wildman–Crippen MR) is 150 cm³/mol. The van der Waals surface area contributed by atoms with E-state index in [9.17, 15) is 13.2 Å². The van der Waals surface area contributed by atoms with Crippen molar-refractivity contribution in [1.82, 2.24) is 4.98 Å². The molecule has 0 atom stereocenters. The van der Waals surface area contributed by atoms with Crippen LogP contribution >= 0.6 is 11.3 Å². The summed E-state index contributed by atoms with van der Waals surface area (Å²) in [7, 11) is -3.87. The van der Waals surface area contributed by atoms with Gasteiger partial charge in [-0.1, -0.05) is 48.0 Å². The van der Waals surface area contributed by atoms with Gasteiger partial charge in [0, 0.05) is 10.9 Å². The van der Waals surface area contributed by atoms with Crippen LogP contribution < -0.4 is 14.8 Å². The van der Waals surface area contributed by atoms with Gasteiger partial charge in [-0.15, -0.1) is 11.3 Å². The van der Waals surface area contributed by atoms with Gasteiger partial charge in [0.05, 0.1) is 21.8 Å². The maximum atomic E-state index is 13.1. The molecule has 0 unspecified atom stereocenters. The van der Waals surface area contributed by atoms with Crippen molar-refractivity contribution < 1.29 is 17.9 Å². The van der Waals surface area contributed by atoms with E-state index in [0.717, 1.165) is 16.9 Å². The normalized spacial score (nSPS) is 11.1. The molecule has 1 amide bonds. The molecule has 2 N–H and O–H groups in total. The number of thiazole rings is 1. The van der Waals surface area contributed by atoms with Gasteiger partial charge >= 0.3 is 0 Å². The number of ether oxygens (including phenoxy) is 1. The van der Waals surface area contributed by atoms with E-state index in [2.05, 4.69) is 15.0 Å². The number of nitrogens with zero attached hydrogens (tertiary/aromatic N) is 1. The van der Waals surface area contributed by atoms with Crippen molar-refractivity contribution in [2.45, 2.75) is 11.8 Å². The Morgan fingerprint density at radius 3 is 2.21 bits per heavy atom. The Bertz CT molecular complexity index is 1670. The fourth-order valence-corrected chi connectivity index (χ4v) is 5.43. The number of aromatic nitrogens is 1. The number of hydrogen-bond donors (Lipinski definition) is 2. The summed E-state index contributed by atoms with van der Waals surface area (Å²) >= 11 is 1.28. The van der Waals surface area contributed by atoms with Gasteiger partial charge in [0.1, 0.15) is 11.5 Å². The average molecular weight is 542 g/mol. The highest BCUT2D eigenvalue weighted by Crippen LogP contribution is 2.29. The Morgan fingerprint density at radius 2 is 1.47 bits per heavy atom. The van der Waals surface area contributed by atoms with E-state index in [4.69, 9.17) is 4.74 Å². The van der Waals surface area contributed by atoms with Crippen molar-refractivity contribution in [1.29, 1.82) is 0 Å². The Labute approximate surface area is 224 Å². The fourth-order valence-electron chi connectivity index (χ4n) is 3.64. The van der Waals surface area contributed by atoms with Crippen LogP contribution in [0.1, 0.15) is 15.9 Å². The summed E-state index contributed by atoms with van der Waals surface area (Å²) < 4.78 is 34.1. The number of para-hydroxylation sites is 2. The Hall–Kier alpha value is -4.47. The van der Waals surface area contributed by atoms with Gasteiger partial charge in [-0.2, -0.15) is 0 Å². The molecule has 9 heteroatoms. The highest BCUT2D eigenvalue weighted by molar-refractivity contribution is 7.92. The second-order valence-electron chi connectivity index (χ2n) is 8.40. The van der Waals surface area contributed by atoms with Crippen LogP contribution in [0.25, 0.3) is 11.3 Å². The van der Waals surface area contributed by atoms with E-state index in [-0.39, 0.29) is 16.1 Å². The number of carbonyl (C=O) groups is 1. The zero-order chi connectivity index (χ0) is 26.5. The lowest BCUT2D eigenvalue weighted by Gasteiger charge is -2.12. The topological polar surface area (TPSA) is 97.4 Å². The second kappa shape index (κ2) is 10.9. The first-order valence-corrected chi connectivity index (χ1v) is 14.0. The van der Waals surface area contributed by atoms with Crippen LogP contribution in [0.4, 0.5) is 10.8 Å². The maximum absolute atomic E-state index is 13.1. The molecule has 0 fully saturated rings. The zero-order valence-corrected chi connectivity index (χ0v) is 21.9. The molecule has 0 saturated heterocycles. The van der Waals surface area contributed by atoms with Crippen LogP contribution in [0.5, 0.6) is 11.5 Å². The van der Waals surface area contributed by atoms with Crippen molar-refractivity contribution in [3.8, 4) is 22.8 Å². The van der Waals surface area contributed by atoms with Crippen molar-refractivity contribution in [2.75, 3.05) is 10.0 Å². The number of rotatable bonds is 8. The molecule has 0 bridgehead atoms. The molecule has 0 spiro atoms. The standard InChI is InChI=1S/C29H23N3O4S2/c1-20-11-17-24(18-12-20)38(34,35)32-26-10-6-5-9-25(26)28(33)31-29-30-27(19-37-29)21-13-15-23(16-14-21)36-22-7-3-2-4-8-22/h2-19,32H,1H3,(H,30,31,33). The largest absolute Gasteiger partial charge is 0.457 e. The molecule has 7 nitrogen and oxygen atoms in total. The first-order chi connectivity index (χ1) is 18.4. The second-order valence-corrected chi connectivity index (χ2v) is 10.9. The van der Waals surface area contributed by atoms with E-state index >= 15 is 0 Å². The quantitative estimate of drug-likeness (QED) is 0.221. The molecule has 0 saturated carbocycles. The molecule has 1 aromatic heterocycles. The van der Waals surface area contributed by atoms with Crippen LogP contribution in [0.2, 0.25) is 0 Å². The lowest BCUT2D eigenvalue weighted by Crippen LogP contribution is -2.18. The molecule has 0 aliphatic heterocycles. The summed E-state index contributed by atoms with van der Waals surface area (Å²) in [5.74, 6) is 0.980. The minimum atomic E-state index is -3.87. The lowest BCUT2D eigenvalue weighted by molar-refractivity contribution is 0.102. The molecule has 1 heterocycles. The third kappa shape index (κ3) is 5.91. The Balaban J connectivity index is 1.28. The predicted octanol–water partition coefficient (Wildman–Crippen LogP) is 6.96. The molecule has 5 rings (SSSR count). The van der Waals surface area contributed by atoms with Gasteiger partial charge in [0.15, 0.2) is 5.13 Å². The van der Waals surface area contributed by atoms with Crippen molar-refractivity contribution in [3.63, 3.8) is 0 Å². The minimum Gasteiger partial charge on any atom is -0.457 e. The number of sulfonamides is 1. The molecular formula is C29H23N3O4S2. The molecule has 4 aromatic carbocycles. The van der Waals surface area contributed by atoms with Crippen molar-refractivity contribution >= 4 is 38.1 Å². The molecule has 0 aliphatic rings. The third-order valence-corrected chi connectivity index (χ3v) is 7.74. The summed E-state index contributed by atoms with van der Waals surface area (Å²) in [6.07, 6.45) is 0. The monoisotopic (exact) mass is 541 g/mol. The van der Waals surface area contributed by atoms with Crippen LogP contribution in [0, 0.1) is 6.92 Å². The van der Waals surface area contributed by atoms with Gasteiger partial charge in [-0.25, -0.2) is 13.4 Å². The van der Waals surface area contributed by atoms with Crippen LogP contribution in [-0.2, 0) is 10.0 Å². The third-order valence-electron chi connectivity index (χ3n) is 5.60. The molecular weight excluding hydrogens is 518 g/mol. The minimum absolute atomic E-state index is 0.114. The Morgan fingerprint density at radius 1 is 0.816 bits per heavy atom. The van der Waals surface area contributed by atoms with Gasteiger partial charge in [0.25, 0.3) is 15.9 Å². The van der Waals surface area contributed by atoms with E-state index in [0.29, 0.717) is 16.6 Å². The van der Waals surface area contributed by atoms with E-state index < -0.39 is 15.9 Å². The van der Waals surface area contributed by atoms with Gasteiger partial charge < -0.3 is 4.74 Å². The van der Waals surface area contributed by atoms with Crippen molar-refractivity contribution in [2.24, 2.45) is 0 Å². The number of nitrogens with one attached hydrogen (secondary N) is 2. The molecule has 0 aliphatic carbocycles. The molecule has 5 aromatic rings. The zero-order valence-electron chi connectivity index (χ0n) is 20.3. The van der Waals surface area contributed by atoms with Crippen LogP contribution in [0.15, 0.2) is 113 Å². The summed E-state index contributed by atoms with van der Waals surface area (Å²) in [5, 5.41) is 5.01. The highest BCUT2D eigenvalue weighted by atomic mass is 32.2. The van der Waals surface area contributed by atoms with E-state index in [1.165, 1.54) is 23.5 Å². The van der Waals surface area contributed by atoms with Gasteiger partial charge in [-0.3, -0.25) is 14.8 Å². The number of carbonyl (C=O) groups excluding carboxylic acids is 1. The highest BCUT2D eigenvalue weighted by Gasteiger charge is 2.19. The summed E-state index contributed by atoms with van der Waals surface area (Å²) in [6.45, 7) is 1.88. The first-order valence-electron chi connectivity index (χ1n) is 11.7. The summed E-state index contributed by atoms with van der Waals surface area (Å²) in [5.41, 5.74) is 2.88. The summed E-state index contributed by atoms with van der Waals surface area (Å²) in [4.78, 5) is 17.7. The fraction of sp³-hybridized carbons (Fsp3) is 0.0345. The number of benzene rings is 4. The smallest absolute Gasteiger partial charge is 0.261 e. The molecule has 38 heavy (non-hydrogen) atoms. The van der Waals surface area contributed by atoms with Crippen LogP contribution in [0.3, 0.4) is 0 Å². The maximum Gasteiger partial charge on any atom is 0.261 e. The molecule has 0 radical (unpaired) electrons. The molecule has 190 valence electrons. The number of anilines is 2. The number of aryl methyl sites for hydroxylation is 1. The first kappa shape index (κ1) is 25.2.